The average Bonchev–Trinajstić information content (AvgIpc) is 3.15. The van der Waals surface area contributed by atoms with Crippen LogP contribution in [0.25, 0.3) is 0 Å². The van der Waals surface area contributed by atoms with E-state index in [0.717, 1.165) is 38.2 Å². The van der Waals surface area contributed by atoms with Gasteiger partial charge in [0.2, 0.25) is 5.91 Å². The van der Waals surface area contributed by atoms with Crippen LogP contribution in [0.5, 0.6) is 0 Å². The lowest BCUT2D eigenvalue weighted by Gasteiger charge is -2.15. The summed E-state index contributed by atoms with van der Waals surface area (Å²) >= 11 is 0. The number of carbonyl (C=O) groups excluding carboxylic acids is 1. The van der Waals surface area contributed by atoms with Gasteiger partial charge in [-0.3, -0.25) is 14.4 Å². The fourth-order valence-corrected chi connectivity index (χ4v) is 3.35. The van der Waals surface area contributed by atoms with Crippen LogP contribution < -0.4 is 5.32 Å². The van der Waals surface area contributed by atoms with Crippen molar-refractivity contribution in [3.8, 4) is 0 Å². The molecule has 0 radical (unpaired) electrons. The maximum absolute atomic E-state index is 12.4. The summed E-state index contributed by atoms with van der Waals surface area (Å²) in [7, 11) is 1.95. The third kappa shape index (κ3) is 4.23. The first-order chi connectivity index (χ1) is 11.6. The lowest BCUT2D eigenvalue weighted by atomic mass is 10.1. The minimum atomic E-state index is 0.109. The van der Waals surface area contributed by atoms with Gasteiger partial charge in [0.1, 0.15) is 0 Å². The Bertz CT molecular complexity index is 680. The van der Waals surface area contributed by atoms with Crippen molar-refractivity contribution in [2.24, 2.45) is 13.0 Å². The molecule has 1 atom stereocenters. The summed E-state index contributed by atoms with van der Waals surface area (Å²) in [6.45, 7) is 5.45. The lowest BCUT2D eigenvalue weighted by Crippen LogP contribution is -2.34. The zero-order valence-corrected chi connectivity index (χ0v) is 14.5. The van der Waals surface area contributed by atoms with E-state index in [-0.39, 0.29) is 11.8 Å². The monoisotopic (exact) mass is 326 g/mol. The standard InChI is InChI=1S/C19H26N4O/c1-15-18(12-22(2)21-15)14-23-11-9-17(13-23)19(24)20-10-8-16-6-4-3-5-7-16/h3-7,12,17H,8-11,13-14H2,1-2H3,(H,20,24). The minimum absolute atomic E-state index is 0.109. The number of hydrogen-bond acceptors (Lipinski definition) is 3. The third-order valence-corrected chi connectivity index (χ3v) is 4.71. The summed E-state index contributed by atoms with van der Waals surface area (Å²) in [5.41, 5.74) is 3.59. The highest BCUT2D eigenvalue weighted by atomic mass is 16.1. The zero-order valence-electron chi connectivity index (χ0n) is 14.5. The van der Waals surface area contributed by atoms with E-state index in [9.17, 15) is 4.79 Å². The minimum Gasteiger partial charge on any atom is -0.355 e. The van der Waals surface area contributed by atoms with Crippen LogP contribution in [0.2, 0.25) is 0 Å². The quantitative estimate of drug-likeness (QED) is 0.882. The Kier molecular flexibility index (Phi) is 5.30. The SMILES string of the molecule is Cc1nn(C)cc1CN1CCC(C(=O)NCCc2ccccc2)C1. The van der Waals surface area contributed by atoms with Crippen molar-refractivity contribution in [3.05, 3.63) is 53.3 Å². The third-order valence-electron chi connectivity index (χ3n) is 4.71. The van der Waals surface area contributed by atoms with Gasteiger partial charge in [0, 0.05) is 38.4 Å². The first-order valence-electron chi connectivity index (χ1n) is 8.65. The molecule has 0 saturated carbocycles. The van der Waals surface area contributed by atoms with Crippen LogP contribution in [0.4, 0.5) is 0 Å². The fraction of sp³-hybridized carbons (Fsp3) is 0.474. The van der Waals surface area contributed by atoms with Crippen molar-refractivity contribution in [1.82, 2.24) is 20.0 Å². The number of hydrogen-bond donors (Lipinski definition) is 1. The molecule has 1 aromatic heterocycles. The van der Waals surface area contributed by atoms with E-state index in [4.69, 9.17) is 0 Å². The normalized spacial score (nSPS) is 18.0. The molecule has 3 rings (SSSR count). The van der Waals surface area contributed by atoms with Crippen LogP contribution in [-0.4, -0.2) is 40.2 Å². The van der Waals surface area contributed by atoms with Crippen molar-refractivity contribution in [3.63, 3.8) is 0 Å². The van der Waals surface area contributed by atoms with Crippen LogP contribution in [0.3, 0.4) is 0 Å². The molecule has 0 spiro atoms. The van der Waals surface area contributed by atoms with E-state index in [1.54, 1.807) is 0 Å². The number of aromatic nitrogens is 2. The van der Waals surface area contributed by atoms with E-state index in [1.807, 2.05) is 36.9 Å². The highest BCUT2D eigenvalue weighted by Gasteiger charge is 2.28. The highest BCUT2D eigenvalue weighted by Crippen LogP contribution is 2.19. The number of nitrogens with zero attached hydrogens (tertiary/aromatic N) is 3. The predicted molar refractivity (Wildman–Crippen MR) is 94.5 cm³/mol. The number of carbonyl (C=O) groups is 1. The summed E-state index contributed by atoms with van der Waals surface area (Å²) in [4.78, 5) is 14.7. The van der Waals surface area contributed by atoms with Crippen LogP contribution in [0.1, 0.15) is 23.2 Å². The molecule has 1 aliphatic rings. The van der Waals surface area contributed by atoms with Gasteiger partial charge in [-0.15, -0.1) is 0 Å². The number of rotatable bonds is 6. The zero-order chi connectivity index (χ0) is 16.9. The van der Waals surface area contributed by atoms with Crippen LogP contribution in [0.15, 0.2) is 36.5 Å². The summed E-state index contributed by atoms with van der Waals surface area (Å²) in [6.07, 6.45) is 3.90. The number of likely N-dealkylation sites (tertiary alicyclic amines) is 1. The second kappa shape index (κ2) is 7.62. The van der Waals surface area contributed by atoms with Crippen molar-refractivity contribution in [2.75, 3.05) is 19.6 Å². The van der Waals surface area contributed by atoms with Gasteiger partial charge in [0.25, 0.3) is 0 Å². The van der Waals surface area contributed by atoms with Gasteiger partial charge < -0.3 is 5.32 Å². The maximum atomic E-state index is 12.4. The molecule has 24 heavy (non-hydrogen) atoms. The van der Waals surface area contributed by atoms with Crippen molar-refractivity contribution in [2.45, 2.75) is 26.3 Å². The van der Waals surface area contributed by atoms with Crippen LogP contribution in [0, 0.1) is 12.8 Å². The first-order valence-corrected chi connectivity index (χ1v) is 8.65. The van der Waals surface area contributed by atoms with E-state index in [1.165, 1.54) is 11.1 Å². The molecule has 5 nitrogen and oxygen atoms in total. The Morgan fingerprint density at radius 2 is 2.12 bits per heavy atom. The van der Waals surface area contributed by atoms with E-state index >= 15 is 0 Å². The Hall–Kier alpha value is -2.14. The van der Waals surface area contributed by atoms with Gasteiger partial charge in [-0.2, -0.15) is 5.10 Å². The molecule has 1 fully saturated rings. The molecular formula is C19H26N4O. The van der Waals surface area contributed by atoms with Gasteiger partial charge in [0.15, 0.2) is 0 Å². The molecule has 1 N–H and O–H groups in total. The van der Waals surface area contributed by atoms with Gasteiger partial charge in [-0.05, 0) is 31.9 Å². The van der Waals surface area contributed by atoms with E-state index in [2.05, 4.69) is 33.6 Å². The first kappa shape index (κ1) is 16.7. The number of amides is 1. The summed E-state index contributed by atoms with van der Waals surface area (Å²) in [5.74, 6) is 0.300. The van der Waals surface area contributed by atoms with Crippen LogP contribution in [-0.2, 0) is 24.8 Å². The molecule has 128 valence electrons. The number of nitrogens with one attached hydrogen (secondary N) is 1. The molecule has 2 heterocycles. The Labute approximate surface area is 143 Å². The van der Waals surface area contributed by atoms with Gasteiger partial charge in [0.05, 0.1) is 11.6 Å². The highest BCUT2D eigenvalue weighted by molar-refractivity contribution is 5.79. The summed E-state index contributed by atoms with van der Waals surface area (Å²) in [6, 6.07) is 10.3. The van der Waals surface area contributed by atoms with Crippen molar-refractivity contribution >= 4 is 5.91 Å². The molecular weight excluding hydrogens is 300 g/mol. The largest absolute Gasteiger partial charge is 0.355 e. The number of benzene rings is 1. The molecule has 5 heteroatoms. The molecule has 0 aliphatic carbocycles. The smallest absolute Gasteiger partial charge is 0.224 e. The van der Waals surface area contributed by atoms with Gasteiger partial charge in [-0.1, -0.05) is 30.3 Å². The second-order valence-electron chi connectivity index (χ2n) is 6.66. The molecule has 1 saturated heterocycles. The lowest BCUT2D eigenvalue weighted by molar-refractivity contribution is -0.124. The number of aryl methyl sites for hydroxylation is 2. The Balaban J connectivity index is 1.43. The van der Waals surface area contributed by atoms with Crippen LogP contribution >= 0.6 is 0 Å². The van der Waals surface area contributed by atoms with Gasteiger partial charge in [-0.25, -0.2) is 0 Å². The summed E-state index contributed by atoms with van der Waals surface area (Å²) < 4.78 is 1.86. The van der Waals surface area contributed by atoms with E-state index in [0.29, 0.717) is 6.54 Å². The Morgan fingerprint density at radius 1 is 1.33 bits per heavy atom. The maximum Gasteiger partial charge on any atom is 0.224 e. The molecule has 1 aromatic carbocycles. The molecule has 0 bridgehead atoms. The second-order valence-corrected chi connectivity index (χ2v) is 6.66. The molecule has 1 amide bonds. The van der Waals surface area contributed by atoms with E-state index < -0.39 is 0 Å². The molecule has 1 aliphatic heterocycles. The predicted octanol–water partition coefficient (Wildman–Crippen LogP) is 1.91. The molecule has 1 unspecified atom stereocenters. The molecule has 2 aromatic rings. The topological polar surface area (TPSA) is 50.2 Å². The van der Waals surface area contributed by atoms with Crippen molar-refractivity contribution in [1.29, 1.82) is 0 Å². The Morgan fingerprint density at radius 3 is 2.83 bits per heavy atom. The average molecular weight is 326 g/mol. The fourth-order valence-electron chi connectivity index (χ4n) is 3.35. The van der Waals surface area contributed by atoms with Crippen molar-refractivity contribution < 1.29 is 4.79 Å². The van der Waals surface area contributed by atoms with Gasteiger partial charge >= 0.3 is 0 Å². The summed E-state index contributed by atoms with van der Waals surface area (Å²) in [5, 5.41) is 7.48.